The lowest BCUT2D eigenvalue weighted by molar-refractivity contribution is -0.116. The number of hydrogen-bond acceptors (Lipinski definition) is 8. The number of rotatable bonds is 9. The second-order valence-corrected chi connectivity index (χ2v) is 11.1. The third-order valence-corrected chi connectivity index (χ3v) is 7.35. The molecule has 32 heavy (non-hydrogen) atoms. The van der Waals surface area contributed by atoms with Crippen molar-refractivity contribution in [2.45, 2.75) is 29.1 Å². The Bertz CT molecular complexity index is 1300. The van der Waals surface area contributed by atoms with Crippen LogP contribution >= 0.6 is 0 Å². The van der Waals surface area contributed by atoms with Crippen LogP contribution in [0.2, 0.25) is 0 Å². The number of anilines is 1. The minimum atomic E-state index is -3.62. The Labute approximate surface area is 184 Å². The lowest BCUT2D eigenvalue weighted by atomic mass is 10.1. The molecule has 2 aromatic carbocycles. The smallest absolute Gasteiger partial charge is 0.322 e. The summed E-state index contributed by atoms with van der Waals surface area (Å²) in [4.78, 5) is 12.2. The molecule has 1 N–H and O–H groups in total. The minimum Gasteiger partial charge on any atom is -0.407 e. The first kappa shape index (κ1) is 23.5. The van der Waals surface area contributed by atoms with Gasteiger partial charge in [0, 0.05) is 12.7 Å². The van der Waals surface area contributed by atoms with Crippen LogP contribution < -0.4 is 5.32 Å². The largest absolute Gasteiger partial charge is 0.407 e. The standard InChI is InChI=1S/C20H20FN3O6S2/c1-31(26,27)16-8-4-14(5-9-16)13-19-23-24-20(30-19)22-18(25)3-2-12-32(28,29)17-10-6-15(21)7-11-17/h4-11H,2-3,12-13H2,1H3,(H,22,24,25). The molecule has 3 rings (SSSR count). The van der Waals surface area contributed by atoms with E-state index in [4.69, 9.17) is 4.42 Å². The molecule has 0 atom stereocenters. The first-order valence-corrected chi connectivity index (χ1v) is 13.0. The van der Waals surface area contributed by atoms with Gasteiger partial charge in [0.15, 0.2) is 19.7 Å². The van der Waals surface area contributed by atoms with Crippen molar-refractivity contribution in [3.05, 3.63) is 65.8 Å². The number of nitrogens with one attached hydrogen (secondary N) is 1. The number of carbonyl (C=O) groups is 1. The van der Waals surface area contributed by atoms with Gasteiger partial charge in [-0.25, -0.2) is 21.2 Å². The molecule has 9 nitrogen and oxygen atoms in total. The molecule has 1 amide bonds. The van der Waals surface area contributed by atoms with Crippen molar-refractivity contribution in [3.8, 4) is 0 Å². The normalized spacial score (nSPS) is 11.9. The highest BCUT2D eigenvalue weighted by molar-refractivity contribution is 7.91. The van der Waals surface area contributed by atoms with E-state index in [-0.39, 0.29) is 46.7 Å². The molecule has 0 unspecified atom stereocenters. The van der Waals surface area contributed by atoms with Gasteiger partial charge in [-0.3, -0.25) is 10.1 Å². The van der Waals surface area contributed by atoms with Crippen LogP contribution in [0.3, 0.4) is 0 Å². The van der Waals surface area contributed by atoms with E-state index in [9.17, 15) is 26.0 Å². The van der Waals surface area contributed by atoms with E-state index >= 15 is 0 Å². The van der Waals surface area contributed by atoms with Crippen LogP contribution in [0.25, 0.3) is 0 Å². The van der Waals surface area contributed by atoms with E-state index < -0.39 is 31.4 Å². The Morgan fingerprint density at radius 3 is 2.22 bits per heavy atom. The van der Waals surface area contributed by atoms with Crippen LogP contribution in [0.5, 0.6) is 0 Å². The van der Waals surface area contributed by atoms with Gasteiger partial charge >= 0.3 is 6.01 Å². The van der Waals surface area contributed by atoms with Gasteiger partial charge in [-0.15, -0.1) is 5.10 Å². The fraction of sp³-hybridized carbons (Fsp3) is 0.250. The molecule has 0 bridgehead atoms. The zero-order valence-corrected chi connectivity index (χ0v) is 18.6. The van der Waals surface area contributed by atoms with Gasteiger partial charge in [-0.2, -0.15) is 0 Å². The number of aromatic nitrogens is 2. The van der Waals surface area contributed by atoms with Gasteiger partial charge in [-0.1, -0.05) is 17.2 Å². The zero-order valence-electron chi connectivity index (χ0n) is 17.0. The number of hydrogen-bond donors (Lipinski definition) is 1. The van der Waals surface area contributed by atoms with Crippen LogP contribution in [0.15, 0.2) is 62.7 Å². The molecule has 0 saturated carbocycles. The monoisotopic (exact) mass is 481 g/mol. The summed E-state index contributed by atoms with van der Waals surface area (Å²) in [6, 6.07) is 10.6. The molecular weight excluding hydrogens is 461 g/mol. The molecule has 1 heterocycles. The summed E-state index contributed by atoms with van der Waals surface area (Å²) in [5, 5.41) is 9.96. The third kappa shape index (κ3) is 6.44. The highest BCUT2D eigenvalue weighted by atomic mass is 32.2. The first-order chi connectivity index (χ1) is 15.0. The number of nitrogens with zero attached hydrogens (tertiary/aromatic N) is 2. The van der Waals surface area contributed by atoms with Gasteiger partial charge in [0.1, 0.15) is 5.82 Å². The summed E-state index contributed by atoms with van der Waals surface area (Å²) in [5.74, 6) is -1.09. The maximum atomic E-state index is 12.9. The summed E-state index contributed by atoms with van der Waals surface area (Å²) in [6.45, 7) is 0. The van der Waals surface area contributed by atoms with Crippen molar-refractivity contribution >= 4 is 31.6 Å². The van der Waals surface area contributed by atoms with Gasteiger partial charge in [-0.05, 0) is 48.4 Å². The average Bonchev–Trinajstić information content (AvgIpc) is 3.14. The lowest BCUT2D eigenvalue weighted by Crippen LogP contribution is -2.14. The third-order valence-electron chi connectivity index (χ3n) is 4.41. The maximum absolute atomic E-state index is 12.9. The van der Waals surface area contributed by atoms with Gasteiger partial charge in [0.2, 0.25) is 11.8 Å². The molecule has 0 spiro atoms. The Kier molecular flexibility index (Phi) is 7.04. The zero-order chi connectivity index (χ0) is 23.4. The van der Waals surface area contributed by atoms with Crippen molar-refractivity contribution in [1.29, 1.82) is 0 Å². The van der Waals surface area contributed by atoms with Gasteiger partial charge < -0.3 is 4.42 Å². The van der Waals surface area contributed by atoms with Crippen molar-refractivity contribution in [1.82, 2.24) is 10.2 Å². The molecule has 1 aromatic heterocycles. The number of sulfone groups is 2. The predicted molar refractivity (Wildman–Crippen MR) is 113 cm³/mol. The van der Waals surface area contributed by atoms with Crippen molar-refractivity contribution in [2.24, 2.45) is 0 Å². The van der Waals surface area contributed by atoms with E-state index in [0.29, 0.717) is 0 Å². The summed E-state index contributed by atoms with van der Waals surface area (Å²) >= 11 is 0. The summed E-state index contributed by atoms with van der Waals surface area (Å²) in [7, 11) is -6.91. The fourth-order valence-electron chi connectivity index (χ4n) is 2.77. The van der Waals surface area contributed by atoms with E-state index in [1.807, 2.05) is 0 Å². The molecule has 12 heteroatoms. The van der Waals surface area contributed by atoms with E-state index in [0.717, 1.165) is 24.0 Å². The average molecular weight is 482 g/mol. The summed E-state index contributed by atoms with van der Waals surface area (Å²) < 4.78 is 65.7. The highest BCUT2D eigenvalue weighted by Gasteiger charge is 2.16. The molecule has 0 radical (unpaired) electrons. The molecule has 0 aliphatic rings. The fourth-order valence-corrected chi connectivity index (χ4v) is 4.71. The number of halogens is 1. The number of amides is 1. The Morgan fingerprint density at radius 2 is 1.59 bits per heavy atom. The van der Waals surface area contributed by atoms with Gasteiger partial charge in [0.05, 0.1) is 22.0 Å². The summed E-state index contributed by atoms with van der Waals surface area (Å²) in [6.07, 6.45) is 1.32. The van der Waals surface area contributed by atoms with Crippen LogP contribution in [-0.4, -0.2) is 44.9 Å². The van der Waals surface area contributed by atoms with Crippen LogP contribution in [0, 0.1) is 5.82 Å². The second kappa shape index (κ2) is 9.57. The Morgan fingerprint density at radius 1 is 0.969 bits per heavy atom. The molecule has 0 aliphatic carbocycles. The second-order valence-electron chi connectivity index (χ2n) is 7.02. The highest BCUT2D eigenvalue weighted by Crippen LogP contribution is 2.16. The van der Waals surface area contributed by atoms with Crippen LogP contribution in [0.4, 0.5) is 10.4 Å². The molecule has 170 valence electrons. The van der Waals surface area contributed by atoms with Crippen molar-refractivity contribution in [3.63, 3.8) is 0 Å². The topological polar surface area (TPSA) is 136 Å². The maximum Gasteiger partial charge on any atom is 0.322 e. The Balaban J connectivity index is 1.49. The molecular formula is C20H20FN3O6S2. The molecule has 3 aromatic rings. The predicted octanol–water partition coefficient (Wildman–Crippen LogP) is 2.40. The SMILES string of the molecule is CS(=O)(=O)c1ccc(Cc2nnc(NC(=O)CCCS(=O)(=O)c3ccc(F)cc3)o2)cc1. The molecule has 0 aliphatic heterocycles. The van der Waals surface area contributed by atoms with Crippen LogP contribution in [-0.2, 0) is 30.9 Å². The quantitative estimate of drug-likeness (QED) is 0.460. The molecule has 0 fully saturated rings. The Hall–Kier alpha value is -3.12. The molecule has 0 saturated heterocycles. The lowest BCUT2D eigenvalue weighted by Gasteiger charge is -2.04. The number of carbonyl (C=O) groups excluding carboxylic acids is 1. The van der Waals surface area contributed by atoms with Crippen molar-refractivity contribution < 1.29 is 30.4 Å². The van der Waals surface area contributed by atoms with E-state index in [2.05, 4.69) is 15.5 Å². The number of benzene rings is 2. The first-order valence-electron chi connectivity index (χ1n) is 9.42. The van der Waals surface area contributed by atoms with Gasteiger partial charge in [0.25, 0.3) is 0 Å². The van der Waals surface area contributed by atoms with E-state index in [1.165, 1.54) is 24.3 Å². The van der Waals surface area contributed by atoms with Crippen LogP contribution in [0.1, 0.15) is 24.3 Å². The van der Waals surface area contributed by atoms with Crippen molar-refractivity contribution in [2.75, 3.05) is 17.3 Å². The minimum absolute atomic E-state index is 0.00887. The van der Waals surface area contributed by atoms with E-state index in [1.54, 1.807) is 12.1 Å². The summed E-state index contributed by atoms with van der Waals surface area (Å²) in [5.41, 5.74) is 0.741.